The Labute approximate surface area is 103 Å². The highest BCUT2D eigenvalue weighted by Gasteiger charge is 2.12. The van der Waals surface area contributed by atoms with Crippen molar-refractivity contribution >= 4 is 11.6 Å². The fourth-order valence-corrected chi connectivity index (χ4v) is 1.92. The van der Waals surface area contributed by atoms with Crippen molar-refractivity contribution in [2.24, 2.45) is 0 Å². The molecule has 3 heteroatoms. The second-order valence-corrected chi connectivity index (χ2v) is 4.50. The van der Waals surface area contributed by atoms with Gasteiger partial charge in [0.1, 0.15) is 5.75 Å². The van der Waals surface area contributed by atoms with Gasteiger partial charge in [-0.1, -0.05) is 25.4 Å². The van der Waals surface area contributed by atoms with Crippen molar-refractivity contribution in [3.8, 4) is 5.75 Å². The number of hydrogen-bond acceptors (Lipinski definition) is 2. The number of benzene rings is 1. The van der Waals surface area contributed by atoms with Gasteiger partial charge in [0.25, 0.3) is 0 Å². The number of phenolic OH excluding ortho intramolecular Hbond substituents is 1. The minimum Gasteiger partial charge on any atom is -0.508 e. The Bertz CT molecular complexity index is 341. The standard InChI is InChI=1S/C13H20ClNO/c1-4-10(3)15(5-2)9-11-8-12(16)6-7-13(11)14/h6-8,10,16H,4-5,9H2,1-3H3/t10-/m0/s1. The Balaban J connectivity index is 2.81. The Kier molecular flexibility index (Phi) is 5.10. The predicted octanol–water partition coefficient (Wildman–Crippen LogP) is 3.67. The highest BCUT2D eigenvalue weighted by atomic mass is 35.5. The second-order valence-electron chi connectivity index (χ2n) is 4.10. The molecule has 0 radical (unpaired) electrons. The Morgan fingerprint density at radius 3 is 2.62 bits per heavy atom. The van der Waals surface area contributed by atoms with Crippen LogP contribution in [-0.4, -0.2) is 22.6 Å². The molecule has 0 aliphatic heterocycles. The summed E-state index contributed by atoms with van der Waals surface area (Å²) < 4.78 is 0. The molecule has 0 heterocycles. The SMILES string of the molecule is CC[C@H](C)N(CC)Cc1cc(O)ccc1Cl. The third kappa shape index (κ3) is 3.39. The van der Waals surface area contributed by atoms with Crippen LogP contribution in [0.25, 0.3) is 0 Å². The van der Waals surface area contributed by atoms with Gasteiger partial charge in [-0.05, 0) is 43.7 Å². The Hall–Kier alpha value is -0.730. The number of halogens is 1. The zero-order valence-electron chi connectivity index (χ0n) is 10.2. The summed E-state index contributed by atoms with van der Waals surface area (Å²) in [4.78, 5) is 2.35. The van der Waals surface area contributed by atoms with E-state index < -0.39 is 0 Å². The lowest BCUT2D eigenvalue weighted by Gasteiger charge is -2.27. The lowest BCUT2D eigenvalue weighted by Crippen LogP contribution is -2.31. The first-order valence-corrected chi connectivity index (χ1v) is 6.17. The van der Waals surface area contributed by atoms with Crippen molar-refractivity contribution in [2.45, 2.75) is 39.8 Å². The molecule has 1 atom stereocenters. The highest BCUT2D eigenvalue weighted by molar-refractivity contribution is 6.31. The van der Waals surface area contributed by atoms with Gasteiger partial charge in [-0.3, -0.25) is 4.90 Å². The van der Waals surface area contributed by atoms with Crippen LogP contribution < -0.4 is 0 Å². The summed E-state index contributed by atoms with van der Waals surface area (Å²) in [5.41, 5.74) is 0.990. The molecule has 1 aromatic rings. The quantitative estimate of drug-likeness (QED) is 0.851. The first kappa shape index (κ1) is 13.3. The van der Waals surface area contributed by atoms with E-state index in [2.05, 4.69) is 25.7 Å². The third-order valence-electron chi connectivity index (χ3n) is 3.02. The lowest BCUT2D eigenvalue weighted by molar-refractivity contribution is 0.206. The maximum atomic E-state index is 9.44. The molecule has 0 aromatic heterocycles. The average molecular weight is 242 g/mol. The molecule has 90 valence electrons. The predicted molar refractivity (Wildman–Crippen MR) is 69.0 cm³/mol. The molecule has 2 nitrogen and oxygen atoms in total. The van der Waals surface area contributed by atoms with E-state index in [1.807, 2.05) is 0 Å². The number of nitrogens with zero attached hydrogens (tertiary/aromatic N) is 1. The van der Waals surface area contributed by atoms with E-state index in [0.717, 1.165) is 30.1 Å². The van der Waals surface area contributed by atoms with Crippen LogP contribution in [0.3, 0.4) is 0 Å². The van der Waals surface area contributed by atoms with Gasteiger partial charge in [0.15, 0.2) is 0 Å². The molecule has 1 rings (SSSR count). The monoisotopic (exact) mass is 241 g/mol. The summed E-state index contributed by atoms with van der Waals surface area (Å²) in [5, 5.41) is 10.2. The smallest absolute Gasteiger partial charge is 0.116 e. The topological polar surface area (TPSA) is 23.5 Å². The molecular weight excluding hydrogens is 222 g/mol. The van der Waals surface area contributed by atoms with Crippen molar-refractivity contribution < 1.29 is 5.11 Å². The molecule has 1 N–H and O–H groups in total. The molecule has 0 saturated carbocycles. The largest absolute Gasteiger partial charge is 0.508 e. The first-order valence-electron chi connectivity index (χ1n) is 5.79. The fraction of sp³-hybridized carbons (Fsp3) is 0.538. The van der Waals surface area contributed by atoms with Gasteiger partial charge in [-0.2, -0.15) is 0 Å². The van der Waals surface area contributed by atoms with Gasteiger partial charge < -0.3 is 5.11 Å². The maximum Gasteiger partial charge on any atom is 0.116 e. The van der Waals surface area contributed by atoms with Crippen LogP contribution >= 0.6 is 11.6 Å². The maximum absolute atomic E-state index is 9.44. The molecule has 0 fully saturated rings. The summed E-state index contributed by atoms with van der Waals surface area (Å²) >= 11 is 6.11. The van der Waals surface area contributed by atoms with E-state index in [0.29, 0.717) is 6.04 Å². The summed E-state index contributed by atoms with van der Waals surface area (Å²) in [6.45, 7) is 8.31. The molecular formula is C13H20ClNO. The summed E-state index contributed by atoms with van der Waals surface area (Å²) in [7, 11) is 0. The number of phenols is 1. The van der Waals surface area contributed by atoms with Crippen LogP contribution in [0.1, 0.15) is 32.8 Å². The first-order chi connectivity index (χ1) is 7.58. The molecule has 1 aromatic carbocycles. The summed E-state index contributed by atoms with van der Waals surface area (Å²) in [6, 6.07) is 5.64. The van der Waals surface area contributed by atoms with Crippen LogP contribution in [0.5, 0.6) is 5.75 Å². The molecule has 0 amide bonds. The second kappa shape index (κ2) is 6.12. The molecule has 0 aliphatic carbocycles. The zero-order chi connectivity index (χ0) is 12.1. The van der Waals surface area contributed by atoms with Crippen molar-refractivity contribution in [2.75, 3.05) is 6.54 Å². The van der Waals surface area contributed by atoms with Crippen LogP contribution in [-0.2, 0) is 6.54 Å². The van der Waals surface area contributed by atoms with E-state index in [1.54, 1.807) is 18.2 Å². The van der Waals surface area contributed by atoms with Gasteiger partial charge in [-0.25, -0.2) is 0 Å². The van der Waals surface area contributed by atoms with Crippen LogP contribution in [0.15, 0.2) is 18.2 Å². The van der Waals surface area contributed by atoms with Crippen LogP contribution in [0, 0.1) is 0 Å². The number of aromatic hydroxyl groups is 1. The fourth-order valence-electron chi connectivity index (χ4n) is 1.74. The van der Waals surface area contributed by atoms with Crippen molar-refractivity contribution in [1.82, 2.24) is 4.90 Å². The molecule has 16 heavy (non-hydrogen) atoms. The Morgan fingerprint density at radius 1 is 1.38 bits per heavy atom. The molecule has 0 saturated heterocycles. The summed E-state index contributed by atoms with van der Waals surface area (Å²) in [5.74, 6) is 0.277. The highest BCUT2D eigenvalue weighted by Crippen LogP contribution is 2.23. The normalized spacial score (nSPS) is 13.1. The van der Waals surface area contributed by atoms with Crippen molar-refractivity contribution in [3.05, 3.63) is 28.8 Å². The number of rotatable bonds is 5. The average Bonchev–Trinajstić information content (AvgIpc) is 2.29. The van der Waals surface area contributed by atoms with Crippen LogP contribution in [0.4, 0.5) is 0 Å². The zero-order valence-corrected chi connectivity index (χ0v) is 11.0. The van der Waals surface area contributed by atoms with E-state index >= 15 is 0 Å². The van der Waals surface area contributed by atoms with Gasteiger partial charge in [0, 0.05) is 17.6 Å². The van der Waals surface area contributed by atoms with Crippen molar-refractivity contribution in [3.63, 3.8) is 0 Å². The number of hydrogen-bond donors (Lipinski definition) is 1. The van der Waals surface area contributed by atoms with E-state index in [-0.39, 0.29) is 5.75 Å². The van der Waals surface area contributed by atoms with Gasteiger partial charge in [0.05, 0.1) is 0 Å². The molecule has 0 unspecified atom stereocenters. The third-order valence-corrected chi connectivity index (χ3v) is 3.39. The van der Waals surface area contributed by atoms with E-state index in [9.17, 15) is 5.11 Å². The van der Waals surface area contributed by atoms with Gasteiger partial charge in [0.2, 0.25) is 0 Å². The molecule has 0 aliphatic rings. The van der Waals surface area contributed by atoms with Crippen molar-refractivity contribution in [1.29, 1.82) is 0 Å². The Morgan fingerprint density at radius 2 is 2.06 bits per heavy atom. The minimum atomic E-state index is 0.277. The van der Waals surface area contributed by atoms with Crippen LogP contribution in [0.2, 0.25) is 5.02 Å². The van der Waals surface area contributed by atoms with E-state index in [4.69, 9.17) is 11.6 Å². The summed E-state index contributed by atoms with van der Waals surface area (Å²) in [6.07, 6.45) is 1.12. The molecule has 0 bridgehead atoms. The lowest BCUT2D eigenvalue weighted by atomic mass is 10.1. The molecule has 0 spiro atoms. The van der Waals surface area contributed by atoms with E-state index in [1.165, 1.54) is 0 Å². The van der Waals surface area contributed by atoms with Gasteiger partial charge in [-0.15, -0.1) is 0 Å². The van der Waals surface area contributed by atoms with Gasteiger partial charge >= 0.3 is 0 Å². The minimum absolute atomic E-state index is 0.277.